The van der Waals surface area contributed by atoms with Crippen LogP contribution in [0, 0.1) is 0 Å². The summed E-state index contributed by atoms with van der Waals surface area (Å²) >= 11 is 0. The SMILES string of the molecule is CC/C=C\C/C=C\C/C=C\C/C=C\C/C=C\C/C=C\C/C=C\C/C=C\CCCCC(=O)OCC(COC(=O)CCCCCCCCCCCCCCCC)OC(=O)CCCCCCCCCCCCCCCCCC. The van der Waals surface area contributed by atoms with Crippen molar-refractivity contribution in [2.45, 2.75) is 309 Å². The summed E-state index contributed by atoms with van der Waals surface area (Å²) in [4.78, 5) is 38.3. The third-order valence-corrected chi connectivity index (χ3v) is 13.6. The van der Waals surface area contributed by atoms with Gasteiger partial charge in [-0.2, -0.15) is 0 Å². The second-order valence-corrected chi connectivity index (χ2v) is 21.0. The maximum Gasteiger partial charge on any atom is 0.306 e. The van der Waals surface area contributed by atoms with Gasteiger partial charge in [0.15, 0.2) is 6.10 Å². The van der Waals surface area contributed by atoms with Crippen molar-refractivity contribution in [1.82, 2.24) is 0 Å². The Morgan fingerprint density at radius 1 is 0.280 bits per heavy atom. The van der Waals surface area contributed by atoms with Gasteiger partial charge in [0.05, 0.1) is 0 Å². The Balaban J connectivity index is 4.40. The van der Waals surface area contributed by atoms with Crippen molar-refractivity contribution in [3.05, 3.63) is 97.2 Å². The maximum absolute atomic E-state index is 12.9. The predicted octanol–water partition coefficient (Wildman–Crippen LogP) is 21.7. The first kappa shape index (κ1) is 71.3. The Bertz CT molecular complexity index is 1480. The number of allylic oxidation sites excluding steroid dienone is 16. The summed E-state index contributed by atoms with van der Waals surface area (Å²) in [6.07, 6.45) is 84.1. The van der Waals surface area contributed by atoms with Gasteiger partial charge >= 0.3 is 17.9 Å². The molecule has 0 saturated heterocycles. The molecule has 0 bridgehead atoms. The number of hydrogen-bond acceptors (Lipinski definition) is 6. The molecular formula is C69H118O6. The van der Waals surface area contributed by atoms with Crippen LogP contribution in [0.5, 0.6) is 0 Å². The molecule has 0 spiro atoms. The zero-order chi connectivity index (χ0) is 54.3. The molecule has 6 heteroatoms. The fourth-order valence-electron chi connectivity index (χ4n) is 8.87. The average molecular weight is 1040 g/mol. The van der Waals surface area contributed by atoms with Crippen LogP contribution in [-0.4, -0.2) is 37.2 Å². The van der Waals surface area contributed by atoms with Crippen molar-refractivity contribution in [3.8, 4) is 0 Å². The number of rotatable bonds is 57. The minimum Gasteiger partial charge on any atom is -0.462 e. The Morgan fingerprint density at radius 3 is 0.813 bits per heavy atom. The summed E-state index contributed by atoms with van der Waals surface area (Å²) in [6, 6.07) is 0. The highest BCUT2D eigenvalue weighted by Gasteiger charge is 2.19. The lowest BCUT2D eigenvalue weighted by Crippen LogP contribution is -2.30. The molecule has 6 nitrogen and oxygen atoms in total. The minimum atomic E-state index is -0.793. The second kappa shape index (κ2) is 62.9. The van der Waals surface area contributed by atoms with Crippen molar-refractivity contribution in [2.24, 2.45) is 0 Å². The minimum absolute atomic E-state index is 0.0873. The van der Waals surface area contributed by atoms with E-state index in [-0.39, 0.29) is 31.1 Å². The van der Waals surface area contributed by atoms with Crippen molar-refractivity contribution >= 4 is 17.9 Å². The fraction of sp³-hybridized carbons (Fsp3) is 0.725. The highest BCUT2D eigenvalue weighted by atomic mass is 16.6. The fourth-order valence-corrected chi connectivity index (χ4v) is 8.87. The highest BCUT2D eigenvalue weighted by molar-refractivity contribution is 5.71. The van der Waals surface area contributed by atoms with Crippen molar-refractivity contribution < 1.29 is 28.6 Å². The summed E-state index contributed by atoms with van der Waals surface area (Å²) in [5, 5.41) is 0. The van der Waals surface area contributed by atoms with Crippen LogP contribution in [0.25, 0.3) is 0 Å². The molecule has 0 rings (SSSR count). The van der Waals surface area contributed by atoms with E-state index in [4.69, 9.17) is 14.2 Å². The summed E-state index contributed by atoms with van der Waals surface area (Å²) in [5.74, 6) is -0.920. The van der Waals surface area contributed by atoms with Crippen LogP contribution in [0.4, 0.5) is 0 Å². The molecule has 0 N–H and O–H groups in total. The van der Waals surface area contributed by atoms with Crippen LogP contribution in [0.1, 0.15) is 303 Å². The van der Waals surface area contributed by atoms with Crippen LogP contribution in [0.3, 0.4) is 0 Å². The summed E-state index contributed by atoms with van der Waals surface area (Å²) in [6.45, 7) is 6.52. The molecule has 0 aromatic rings. The first-order valence-corrected chi connectivity index (χ1v) is 31.7. The Kier molecular flexibility index (Phi) is 59.8. The lowest BCUT2D eigenvalue weighted by atomic mass is 10.0. The zero-order valence-corrected chi connectivity index (χ0v) is 49.3. The van der Waals surface area contributed by atoms with E-state index in [2.05, 4.69) is 118 Å². The number of carbonyl (C=O) groups is 3. The molecular weight excluding hydrogens is 925 g/mol. The Morgan fingerprint density at radius 2 is 0.520 bits per heavy atom. The third-order valence-electron chi connectivity index (χ3n) is 13.6. The van der Waals surface area contributed by atoms with E-state index in [0.717, 1.165) is 109 Å². The van der Waals surface area contributed by atoms with E-state index in [1.807, 2.05) is 0 Å². The van der Waals surface area contributed by atoms with Crippen molar-refractivity contribution in [3.63, 3.8) is 0 Å². The van der Waals surface area contributed by atoms with Gasteiger partial charge in [0.25, 0.3) is 0 Å². The third kappa shape index (κ3) is 61.1. The van der Waals surface area contributed by atoms with Gasteiger partial charge in [0.2, 0.25) is 0 Å². The summed E-state index contributed by atoms with van der Waals surface area (Å²) in [7, 11) is 0. The second-order valence-electron chi connectivity index (χ2n) is 21.0. The molecule has 0 aromatic heterocycles. The van der Waals surface area contributed by atoms with Crippen molar-refractivity contribution in [1.29, 1.82) is 0 Å². The normalized spacial score (nSPS) is 12.7. The monoisotopic (exact) mass is 1040 g/mol. The van der Waals surface area contributed by atoms with E-state index in [1.54, 1.807) is 0 Å². The van der Waals surface area contributed by atoms with Gasteiger partial charge in [-0.05, 0) is 83.5 Å². The van der Waals surface area contributed by atoms with Gasteiger partial charge in [0.1, 0.15) is 13.2 Å². The first-order valence-electron chi connectivity index (χ1n) is 31.7. The molecule has 430 valence electrons. The molecule has 0 aliphatic carbocycles. The van der Waals surface area contributed by atoms with Gasteiger partial charge < -0.3 is 14.2 Å². The Hall–Kier alpha value is -3.67. The van der Waals surface area contributed by atoms with E-state index in [9.17, 15) is 14.4 Å². The Labute approximate surface area is 464 Å². The molecule has 75 heavy (non-hydrogen) atoms. The standard InChI is InChI=1S/C69H118O6/c1-4-7-10-13-16-19-22-25-28-30-31-32-33-34-35-36-37-38-39-40-42-44-47-50-53-56-59-62-68(71)74-65-66(64-73-67(70)61-58-55-52-49-46-43-27-24-21-18-15-12-9-6-3)75-69(72)63-60-57-54-51-48-45-41-29-26-23-20-17-14-11-8-5-2/h7,10,16,19,25,28,31-32,34-35,37-38,40,42,47,50,66H,4-6,8-9,11-15,17-18,20-24,26-27,29-30,33,36,39,41,43-46,48-49,51-65H2,1-3H3/b10-7-,19-16-,28-25-,32-31-,35-34-,38-37-,42-40-,50-47-. The summed E-state index contributed by atoms with van der Waals surface area (Å²) < 4.78 is 16.9. The molecule has 0 aliphatic rings. The quantitative estimate of drug-likeness (QED) is 0.0261. The molecule has 0 aliphatic heterocycles. The molecule has 0 heterocycles. The lowest BCUT2D eigenvalue weighted by Gasteiger charge is -2.18. The van der Waals surface area contributed by atoms with Crippen LogP contribution >= 0.6 is 0 Å². The van der Waals surface area contributed by atoms with Crippen molar-refractivity contribution in [2.75, 3.05) is 13.2 Å². The molecule has 0 radical (unpaired) electrons. The van der Waals surface area contributed by atoms with Gasteiger partial charge in [-0.25, -0.2) is 0 Å². The zero-order valence-electron chi connectivity index (χ0n) is 49.3. The molecule has 0 aromatic carbocycles. The summed E-state index contributed by atoms with van der Waals surface area (Å²) in [5.41, 5.74) is 0. The molecule has 0 saturated carbocycles. The smallest absolute Gasteiger partial charge is 0.306 e. The predicted molar refractivity (Wildman–Crippen MR) is 325 cm³/mol. The topological polar surface area (TPSA) is 78.9 Å². The molecule has 1 atom stereocenters. The average Bonchev–Trinajstić information content (AvgIpc) is 3.41. The molecule has 0 amide bonds. The number of unbranched alkanes of at least 4 members (excludes halogenated alkanes) is 30. The van der Waals surface area contributed by atoms with Gasteiger partial charge in [-0.15, -0.1) is 0 Å². The maximum atomic E-state index is 12.9. The van der Waals surface area contributed by atoms with Crippen LogP contribution in [0.2, 0.25) is 0 Å². The van der Waals surface area contributed by atoms with Gasteiger partial charge in [-0.1, -0.05) is 298 Å². The largest absolute Gasteiger partial charge is 0.462 e. The van der Waals surface area contributed by atoms with Gasteiger partial charge in [-0.3, -0.25) is 14.4 Å². The lowest BCUT2D eigenvalue weighted by molar-refractivity contribution is -0.167. The highest BCUT2D eigenvalue weighted by Crippen LogP contribution is 2.17. The van der Waals surface area contributed by atoms with Crippen LogP contribution in [-0.2, 0) is 28.6 Å². The first-order chi connectivity index (χ1) is 37.0. The van der Waals surface area contributed by atoms with E-state index >= 15 is 0 Å². The number of carbonyl (C=O) groups excluding carboxylic acids is 3. The molecule has 0 fully saturated rings. The number of hydrogen-bond donors (Lipinski definition) is 0. The van der Waals surface area contributed by atoms with Crippen LogP contribution in [0.15, 0.2) is 97.2 Å². The molecule has 1 unspecified atom stereocenters. The number of esters is 3. The van der Waals surface area contributed by atoms with E-state index in [0.29, 0.717) is 19.3 Å². The van der Waals surface area contributed by atoms with E-state index in [1.165, 1.54) is 154 Å². The van der Waals surface area contributed by atoms with Crippen LogP contribution < -0.4 is 0 Å². The van der Waals surface area contributed by atoms with Gasteiger partial charge in [0, 0.05) is 19.3 Å². The van der Waals surface area contributed by atoms with E-state index < -0.39 is 6.10 Å². The number of ether oxygens (including phenoxy) is 3.